The van der Waals surface area contributed by atoms with Gasteiger partial charge in [-0.05, 0) is 139 Å². The molecule has 0 atom stereocenters. The lowest BCUT2D eigenvalue weighted by Gasteiger charge is -2.29. The quantitative estimate of drug-likeness (QED) is 0.0935. The maximum atomic E-state index is 9.86. The molecule has 256 valence electrons. The number of aromatic nitrogens is 3. The molecule has 0 fully saturated rings. The molecule has 7 rings (SSSR count). The van der Waals surface area contributed by atoms with E-state index in [1.807, 2.05) is 0 Å². The molecule has 0 spiro atoms. The van der Waals surface area contributed by atoms with Crippen LogP contribution in [0.5, 0.6) is 0 Å². The third-order valence-electron chi connectivity index (χ3n) is 11.7. The fourth-order valence-corrected chi connectivity index (χ4v) is 8.91. The Morgan fingerprint density at radius 1 is 0.673 bits per heavy atom. The lowest BCUT2D eigenvalue weighted by Crippen LogP contribution is -2.24. The van der Waals surface area contributed by atoms with E-state index in [9.17, 15) is 10.2 Å². The van der Waals surface area contributed by atoms with Crippen molar-refractivity contribution < 1.29 is 10.2 Å². The Balaban J connectivity index is 1.66. The van der Waals surface area contributed by atoms with Crippen LogP contribution in [-0.2, 0) is 31.1 Å². The predicted octanol–water partition coefficient (Wildman–Crippen LogP) is 7.58. The highest BCUT2D eigenvalue weighted by atomic mass is 16.3. The second-order valence-electron chi connectivity index (χ2n) is 14.0. The molecular weight excluding hydrogens is 604 g/mol. The molecule has 6 heteroatoms. The number of nitrogens with one attached hydrogen (secondary N) is 4. The van der Waals surface area contributed by atoms with E-state index in [1.165, 1.54) is 72.4 Å². The summed E-state index contributed by atoms with van der Waals surface area (Å²) in [7, 11) is 0. The van der Waals surface area contributed by atoms with Crippen LogP contribution in [0.25, 0.3) is 40.3 Å². The summed E-state index contributed by atoms with van der Waals surface area (Å²) in [5.41, 5.74) is 17.1. The third kappa shape index (κ3) is 5.23. The summed E-state index contributed by atoms with van der Waals surface area (Å²) in [4.78, 5) is 11.7. The van der Waals surface area contributed by atoms with Crippen molar-refractivity contribution in [2.75, 3.05) is 18.5 Å². The monoisotopic (exact) mass is 656 g/mol. The van der Waals surface area contributed by atoms with Gasteiger partial charge in [-0.25, -0.2) is 0 Å². The molecule has 0 saturated carbocycles. The first-order valence-electron chi connectivity index (χ1n) is 18.5. The van der Waals surface area contributed by atoms with Crippen molar-refractivity contribution >= 4 is 34.7 Å². The lowest BCUT2D eigenvalue weighted by atomic mass is 9.73. The Kier molecular flexibility index (Phi) is 8.97. The number of allylic oxidation sites excluding steroid dienone is 1. The fourth-order valence-electron chi connectivity index (χ4n) is 8.91. The molecular formula is C43H52N4O2. The van der Waals surface area contributed by atoms with E-state index in [4.69, 9.17) is 0 Å². The summed E-state index contributed by atoms with van der Waals surface area (Å²) in [5, 5.41) is 28.5. The lowest BCUT2D eigenvalue weighted by molar-refractivity contribution is 0.288. The first kappa shape index (κ1) is 33.2. The molecule has 3 aromatic heterocycles. The Labute approximate surface area is 290 Å². The van der Waals surface area contributed by atoms with Crippen LogP contribution in [0.3, 0.4) is 0 Å². The highest BCUT2D eigenvalue weighted by Gasteiger charge is 2.43. The average molecular weight is 657 g/mol. The van der Waals surface area contributed by atoms with Crippen LogP contribution in [0.15, 0.2) is 36.0 Å². The zero-order valence-corrected chi connectivity index (χ0v) is 30.1. The Bertz CT molecular complexity index is 2200. The Morgan fingerprint density at radius 3 is 2.04 bits per heavy atom. The molecule has 6 nitrogen and oxygen atoms in total. The van der Waals surface area contributed by atoms with Crippen molar-refractivity contribution in [1.29, 1.82) is 0 Å². The van der Waals surface area contributed by atoms with Crippen LogP contribution in [0.1, 0.15) is 109 Å². The zero-order chi connectivity index (χ0) is 34.4. The number of aromatic amines is 3. The smallest absolute Gasteiger partial charge is 0.0525 e. The largest absolute Gasteiger partial charge is 0.396 e. The summed E-state index contributed by atoms with van der Waals surface area (Å²) < 4.78 is 0. The molecule has 5 heterocycles. The van der Waals surface area contributed by atoms with Crippen LogP contribution in [0.2, 0.25) is 0 Å². The number of aliphatic hydroxyl groups is 2. The van der Waals surface area contributed by atoms with Gasteiger partial charge in [0.1, 0.15) is 0 Å². The van der Waals surface area contributed by atoms with Gasteiger partial charge in [0, 0.05) is 57.7 Å². The van der Waals surface area contributed by atoms with Crippen molar-refractivity contribution in [2.45, 2.75) is 98.3 Å². The molecule has 2 aromatic carbocycles. The van der Waals surface area contributed by atoms with Crippen molar-refractivity contribution in [3.05, 3.63) is 103 Å². The van der Waals surface area contributed by atoms with Gasteiger partial charge < -0.3 is 30.5 Å². The number of aliphatic hydroxyl groups excluding tert-OH is 2. The van der Waals surface area contributed by atoms with E-state index in [2.05, 4.69) is 110 Å². The molecule has 6 N–H and O–H groups in total. The van der Waals surface area contributed by atoms with Gasteiger partial charge in [0.05, 0.1) is 11.4 Å². The summed E-state index contributed by atoms with van der Waals surface area (Å²) >= 11 is 0. The van der Waals surface area contributed by atoms with Crippen molar-refractivity contribution in [2.24, 2.45) is 0 Å². The van der Waals surface area contributed by atoms with Gasteiger partial charge in [0.25, 0.3) is 0 Å². The van der Waals surface area contributed by atoms with Gasteiger partial charge in [0.2, 0.25) is 0 Å². The SMILES string of the molecule is CCc1c2[nH]c(c1CC)-c1c3c(cc4ccccc14)C(CC)(CC)C(=Cc1[nH]c(c(CCCO)c1C)C=c1[nH]c(c(C)c1CCCO)=C2)N3. The standard InChI is InChI=1S/C43H52N4O2/c1-7-28-29(8-2)41-40-32-16-12-11-15-27(32)21-33-42(40)47-39(43(33,9-3)10-4)24-35-26(6)31(18-14-20-49)38(45-35)23-37-30(17-13-19-48)25(5)34(44-37)22-36(28)46-41/h11-12,15-16,21-24,44-49H,7-10,13-14,17-20H2,1-6H3. The van der Waals surface area contributed by atoms with E-state index in [1.54, 1.807) is 0 Å². The van der Waals surface area contributed by atoms with Gasteiger partial charge in [-0.2, -0.15) is 0 Å². The summed E-state index contributed by atoms with van der Waals surface area (Å²) in [5.74, 6) is 0. The van der Waals surface area contributed by atoms with E-state index in [0.29, 0.717) is 12.8 Å². The first-order chi connectivity index (χ1) is 23.8. The molecule has 0 aliphatic carbocycles. The van der Waals surface area contributed by atoms with E-state index in [-0.39, 0.29) is 18.6 Å². The number of hydrogen-bond acceptors (Lipinski definition) is 3. The minimum absolute atomic E-state index is 0.155. The maximum absolute atomic E-state index is 9.86. The zero-order valence-electron chi connectivity index (χ0n) is 30.1. The number of fused-ring (bicyclic) bond motifs is 10. The van der Waals surface area contributed by atoms with Crippen molar-refractivity contribution in [3.63, 3.8) is 0 Å². The summed E-state index contributed by atoms with van der Waals surface area (Å²) in [6, 6.07) is 11.3. The highest BCUT2D eigenvalue weighted by Crippen LogP contribution is 2.54. The fraction of sp³-hybridized carbons (Fsp3) is 0.395. The van der Waals surface area contributed by atoms with Gasteiger partial charge in [-0.1, -0.05) is 52.0 Å². The molecule has 2 aliphatic rings. The molecule has 0 radical (unpaired) electrons. The normalized spacial score (nSPS) is 14.5. The minimum atomic E-state index is -0.168. The summed E-state index contributed by atoms with van der Waals surface area (Å²) in [6.45, 7) is 13.9. The van der Waals surface area contributed by atoms with E-state index < -0.39 is 0 Å². The number of hydrogen-bond donors (Lipinski definition) is 6. The van der Waals surface area contributed by atoms with Gasteiger partial charge in [0.15, 0.2) is 0 Å². The van der Waals surface area contributed by atoms with E-state index in [0.717, 1.165) is 66.3 Å². The van der Waals surface area contributed by atoms with Crippen LogP contribution < -0.4 is 16.0 Å². The molecule has 0 amide bonds. The minimum Gasteiger partial charge on any atom is -0.396 e. The number of anilines is 1. The molecule has 49 heavy (non-hydrogen) atoms. The molecule has 0 saturated heterocycles. The Morgan fingerprint density at radius 2 is 1.35 bits per heavy atom. The number of rotatable bonds is 10. The molecule has 8 bridgehead atoms. The predicted molar refractivity (Wildman–Crippen MR) is 205 cm³/mol. The summed E-state index contributed by atoms with van der Waals surface area (Å²) in [6.07, 6.45) is 13.8. The molecule has 2 aliphatic heterocycles. The number of H-pyrrole nitrogens is 3. The molecule has 0 unspecified atom stereocenters. The number of benzene rings is 2. The van der Waals surface area contributed by atoms with Crippen molar-refractivity contribution in [1.82, 2.24) is 15.0 Å². The average Bonchev–Trinajstić information content (AvgIpc) is 3.80. The second-order valence-corrected chi connectivity index (χ2v) is 14.0. The first-order valence-corrected chi connectivity index (χ1v) is 18.5. The third-order valence-corrected chi connectivity index (χ3v) is 11.7. The van der Waals surface area contributed by atoms with Gasteiger partial charge >= 0.3 is 0 Å². The van der Waals surface area contributed by atoms with Crippen LogP contribution >= 0.6 is 0 Å². The maximum Gasteiger partial charge on any atom is 0.0525 e. The van der Waals surface area contributed by atoms with Crippen LogP contribution in [-0.4, -0.2) is 38.4 Å². The van der Waals surface area contributed by atoms with Crippen molar-refractivity contribution in [3.8, 4) is 11.3 Å². The van der Waals surface area contributed by atoms with Gasteiger partial charge in [-0.3, -0.25) is 0 Å². The van der Waals surface area contributed by atoms with Gasteiger partial charge in [-0.15, -0.1) is 0 Å². The van der Waals surface area contributed by atoms with Crippen LogP contribution in [0.4, 0.5) is 5.69 Å². The highest BCUT2D eigenvalue weighted by molar-refractivity contribution is 6.06. The van der Waals surface area contributed by atoms with E-state index >= 15 is 0 Å². The second kappa shape index (κ2) is 13.2. The molecule has 5 aromatic rings. The topological polar surface area (TPSA) is 99.9 Å². The van der Waals surface area contributed by atoms with Crippen LogP contribution in [0, 0.1) is 13.8 Å². The Hall–Kier alpha value is -4.26.